The minimum absolute atomic E-state index is 0.106. The largest absolute Gasteiger partial charge is 0.384 e. The van der Waals surface area contributed by atoms with Crippen molar-refractivity contribution in [1.82, 2.24) is 0 Å². The van der Waals surface area contributed by atoms with E-state index in [9.17, 15) is 9.90 Å². The van der Waals surface area contributed by atoms with Crippen LogP contribution in [0.1, 0.15) is 22.0 Å². The van der Waals surface area contributed by atoms with Crippen LogP contribution >= 0.6 is 0 Å². The van der Waals surface area contributed by atoms with Crippen molar-refractivity contribution in [3.63, 3.8) is 0 Å². The third-order valence-corrected chi connectivity index (χ3v) is 2.63. The highest BCUT2D eigenvalue weighted by Crippen LogP contribution is 2.13. The van der Waals surface area contributed by atoms with Gasteiger partial charge < -0.3 is 5.11 Å². The molecule has 1 N–H and O–H groups in total. The monoisotopic (exact) mass is 238 g/mol. The van der Waals surface area contributed by atoms with Gasteiger partial charge in [0, 0.05) is 5.56 Å². The maximum absolute atomic E-state index is 11.8. The van der Waals surface area contributed by atoms with Gasteiger partial charge in [-0.05, 0) is 17.7 Å². The first-order valence-corrected chi connectivity index (χ1v) is 5.78. The van der Waals surface area contributed by atoms with Gasteiger partial charge in [-0.15, -0.1) is 0 Å². The molecule has 2 rings (SSSR count). The average molecular weight is 238 g/mol. The summed E-state index contributed by atoms with van der Waals surface area (Å²) in [6, 6.07) is 18.2. The molecule has 0 heterocycles. The Morgan fingerprint density at radius 3 is 2.11 bits per heavy atom. The quantitative estimate of drug-likeness (QED) is 0.656. The molecule has 0 spiro atoms. The van der Waals surface area contributed by atoms with Crippen LogP contribution in [0.2, 0.25) is 0 Å². The van der Waals surface area contributed by atoms with Gasteiger partial charge in [0.2, 0.25) is 0 Å². The summed E-state index contributed by atoms with van der Waals surface area (Å²) < 4.78 is 0. The van der Waals surface area contributed by atoms with Crippen molar-refractivity contribution in [2.24, 2.45) is 0 Å². The molecular weight excluding hydrogens is 224 g/mol. The first kappa shape index (κ1) is 12.3. The first-order chi connectivity index (χ1) is 8.77. The van der Waals surface area contributed by atoms with Crippen LogP contribution in [0.3, 0.4) is 0 Å². The molecule has 0 aromatic heterocycles. The number of aliphatic hydroxyl groups is 1. The van der Waals surface area contributed by atoms with Crippen molar-refractivity contribution in [2.75, 3.05) is 0 Å². The minimum atomic E-state index is -0.751. The number of benzene rings is 2. The molecule has 2 aromatic rings. The molecule has 1 unspecified atom stereocenters. The van der Waals surface area contributed by atoms with E-state index in [0.717, 1.165) is 5.56 Å². The van der Waals surface area contributed by atoms with Gasteiger partial charge >= 0.3 is 0 Å². The Bertz CT molecular complexity index is 530. The lowest BCUT2D eigenvalue weighted by Gasteiger charge is -2.04. The summed E-state index contributed by atoms with van der Waals surface area (Å²) in [5, 5.41) is 9.88. The van der Waals surface area contributed by atoms with Crippen LogP contribution in [0.15, 0.2) is 72.8 Å². The van der Waals surface area contributed by atoms with E-state index in [1.54, 1.807) is 12.1 Å². The lowest BCUT2D eigenvalue weighted by molar-refractivity contribution is 0.104. The molecule has 0 bridgehead atoms. The van der Waals surface area contributed by atoms with Crippen molar-refractivity contribution in [2.45, 2.75) is 6.10 Å². The van der Waals surface area contributed by atoms with Crippen molar-refractivity contribution < 1.29 is 9.90 Å². The molecule has 0 saturated heterocycles. The van der Waals surface area contributed by atoms with Gasteiger partial charge in [-0.1, -0.05) is 60.7 Å². The number of carbonyl (C=O) groups is 1. The molecule has 0 aliphatic carbocycles. The molecule has 0 saturated carbocycles. The lowest BCUT2D eigenvalue weighted by atomic mass is 10.1. The number of allylic oxidation sites excluding steroid dienone is 1. The van der Waals surface area contributed by atoms with Gasteiger partial charge in [-0.25, -0.2) is 0 Å². The number of rotatable bonds is 4. The predicted molar refractivity (Wildman–Crippen MR) is 71.3 cm³/mol. The smallest absolute Gasteiger partial charge is 0.185 e. The molecule has 18 heavy (non-hydrogen) atoms. The Kier molecular flexibility index (Phi) is 4.05. The van der Waals surface area contributed by atoms with Gasteiger partial charge in [0.15, 0.2) is 5.78 Å². The van der Waals surface area contributed by atoms with Crippen LogP contribution in [0.25, 0.3) is 0 Å². The highest BCUT2D eigenvalue weighted by atomic mass is 16.3. The molecule has 90 valence electrons. The Balaban J connectivity index is 2.06. The third-order valence-electron chi connectivity index (χ3n) is 2.63. The molecule has 0 fully saturated rings. The standard InChI is InChI=1S/C16H14O2/c17-15(13-7-3-1-4-8-13)11-12-16(18)14-9-5-2-6-10-14/h1-12,15,17H/b12-11+. The summed E-state index contributed by atoms with van der Waals surface area (Å²) in [7, 11) is 0. The van der Waals surface area contributed by atoms with E-state index >= 15 is 0 Å². The van der Waals surface area contributed by atoms with Crippen LogP contribution in [-0.2, 0) is 0 Å². The van der Waals surface area contributed by atoms with Crippen molar-refractivity contribution >= 4 is 5.78 Å². The minimum Gasteiger partial charge on any atom is -0.384 e. The summed E-state index contributed by atoms with van der Waals surface area (Å²) in [5.74, 6) is -0.106. The number of hydrogen-bond acceptors (Lipinski definition) is 2. The molecule has 0 amide bonds. The average Bonchev–Trinajstić information content (AvgIpc) is 2.46. The summed E-state index contributed by atoms with van der Waals surface area (Å²) in [6.07, 6.45) is 2.16. The Labute approximate surface area is 106 Å². The molecule has 2 nitrogen and oxygen atoms in total. The van der Waals surface area contributed by atoms with E-state index in [2.05, 4.69) is 0 Å². The highest BCUT2D eigenvalue weighted by molar-refractivity contribution is 6.04. The topological polar surface area (TPSA) is 37.3 Å². The molecule has 1 atom stereocenters. The fourth-order valence-electron chi connectivity index (χ4n) is 1.64. The second kappa shape index (κ2) is 5.94. The van der Waals surface area contributed by atoms with E-state index in [4.69, 9.17) is 0 Å². The summed E-state index contributed by atoms with van der Waals surface area (Å²) in [4.78, 5) is 11.8. The van der Waals surface area contributed by atoms with Crippen LogP contribution in [0.4, 0.5) is 0 Å². The highest BCUT2D eigenvalue weighted by Gasteiger charge is 2.04. The van der Waals surface area contributed by atoms with Crippen molar-refractivity contribution in [3.05, 3.63) is 83.9 Å². The van der Waals surface area contributed by atoms with Crippen molar-refractivity contribution in [3.8, 4) is 0 Å². The summed E-state index contributed by atoms with van der Waals surface area (Å²) >= 11 is 0. The molecular formula is C16H14O2. The zero-order valence-electron chi connectivity index (χ0n) is 9.86. The van der Waals surface area contributed by atoms with E-state index in [-0.39, 0.29) is 5.78 Å². The number of ketones is 1. The van der Waals surface area contributed by atoms with Gasteiger partial charge in [-0.3, -0.25) is 4.79 Å². The van der Waals surface area contributed by atoms with E-state index < -0.39 is 6.10 Å². The van der Waals surface area contributed by atoms with Crippen LogP contribution < -0.4 is 0 Å². The van der Waals surface area contributed by atoms with Gasteiger partial charge in [-0.2, -0.15) is 0 Å². The van der Waals surface area contributed by atoms with E-state index in [1.165, 1.54) is 12.2 Å². The second-order valence-corrected chi connectivity index (χ2v) is 3.94. The second-order valence-electron chi connectivity index (χ2n) is 3.94. The van der Waals surface area contributed by atoms with Gasteiger partial charge in [0.05, 0.1) is 6.10 Å². The zero-order valence-corrected chi connectivity index (χ0v) is 9.86. The molecule has 2 aromatic carbocycles. The Morgan fingerprint density at radius 2 is 1.50 bits per heavy atom. The van der Waals surface area contributed by atoms with E-state index in [0.29, 0.717) is 5.56 Å². The van der Waals surface area contributed by atoms with Crippen LogP contribution in [-0.4, -0.2) is 10.9 Å². The maximum Gasteiger partial charge on any atom is 0.185 e. The molecule has 0 aliphatic heterocycles. The normalized spacial score (nSPS) is 12.5. The molecule has 0 radical (unpaired) electrons. The SMILES string of the molecule is O=C(/C=C/C(O)c1ccccc1)c1ccccc1. The number of hydrogen-bond donors (Lipinski definition) is 1. The fourth-order valence-corrected chi connectivity index (χ4v) is 1.64. The Morgan fingerprint density at radius 1 is 0.944 bits per heavy atom. The van der Waals surface area contributed by atoms with Gasteiger partial charge in [0.1, 0.15) is 0 Å². The predicted octanol–water partition coefficient (Wildman–Crippen LogP) is 3.16. The van der Waals surface area contributed by atoms with Crippen molar-refractivity contribution in [1.29, 1.82) is 0 Å². The summed E-state index contributed by atoms with van der Waals surface area (Å²) in [5.41, 5.74) is 1.39. The first-order valence-electron chi connectivity index (χ1n) is 5.78. The van der Waals surface area contributed by atoms with Crippen LogP contribution in [0, 0.1) is 0 Å². The molecule has 2 heteroatoms. The maximum atomic E-state index is 11.8. The summed E-state index contributed by atoms with van der Waals surface area (Å²) in [6.45, 7) is 0. The van der Waals surface area contributed by atoms with E-state index in [1.807, 2.05) is 48.5 Å². The Hall–Kier alpha value is -2.19. The van der Waals surface area contributed by atoms with Gasteiger partial charge in [0.25, 0.3) is 0 Å². The fraction of sp³-hybridized carbons (Fsp3) is 0.0625. The number of aliphatic hydroxyl groups excluding tert-OH is 1. The lowest BCUT2D eigenvalue weighted by Crippen LogP contribution is -1.97. The third kappa shape index (κ3) is 3.15. The molecule has 0 aliphatic rings. The zero-order chi connectivity index (χ0) is 12.8. The van der Waals surface area contributed by atoms with Crippen LogP contribution in [0.5, 0.6) is 0 Å². The number of carbonyl (C=O) groups excluding carboxylic acids is 1.